The lowest BCUT2D eigenvalue weighted by atomic mass is 10.0. The number of aryl methyl sites for hydroxylation is 1. The Balaban J connectivity index is 1.50. The smallest absolute Gasteiger partial charge is 0.260 e. The number of H-pyrrole nitrogens is 1. The van der Waals surface area contributed by atoms with Gasteiger partial charge in [0.2, 0.25) is 0 Å². The Morgan fingerprint density at radius 3 is 2.48 bits per heavy atom. The van der Waals surface area contributed by atoms with Crippen molar-refractivity contribution in [3.63, 3.8) is 0 Å². The maximum Gasteiger partial charge on any atom is 0.260 e. The highest BCUT2D eigenvalue weighted by Crippen LogP contribution is 2.36. The van der Waals surface area contributed by atoms with Crippen LogP contribution in [0.4, 0.5) is 5.82 Å². The van der Waals surface area contributed by atoms with Gasteiger partial charge in [0.1, 0.15) is 12.1 Å². The summed E-state index contributed by atoms with van der Waals surface area (Å²) in [6.45, 7) is 4.76. The maximum atomic E-state index is 12.6. The highest BCUT2D eigenvalue weighted by molar-refractivity contribution is 7.89. The van der Waals surface area contributed by atoms with Gasteiger partial charge in [-0.05, 0) is 18.8 Å². The largest absolute Gasteiger partial charge is 0.356 e. The molecular weight excluding hydrogens is 316 g/mol. The number of aromatic amines is 1. The van der Waals surface area contributed by atoms with Crippen LogP contribution in [0.1, 0.15) is 5.56 Å². The molecule has 9 heteroatoms. The first-order valence-corrected chi connectivity index (χ1v) is 9.00. The van der Waals surface area contributed by atoms with Crippen LogP contribution in [0.15, 0.2) is 30.1 Å². The Kier molecular flexibility index (Phi) is 3.34. The molecular formula is C14H18N6O2S. The molecule has 2 atom stereocenters. The third-order valence-electron chi connectivity index (χ3n) is 4.71. The van der Waals surface area contributed by atoms with Crippen LogP contribution < -0.4 is 4.90 Å². The van der Waals surface area contributed by atoms with Gasteiger partial charge in [-0.15, -0.1) is 0 Å². The molecule has 0 aromatic carbocycles. The summed E-state index contributed by atoms with van der Waals surface area (Å²) >= 11 is 0. The lowest BCUT2D eigenvalue weighted by Crippen LogP contribution is -2.33. The highest BCUT2D eigenvalue weighted by atomic mass is 32.2. The van der Waals surface area contributed by atoms with Crippen LogP contribution in [0.25, 0.3) is 0 Å². The summed E-state index contributed by atoms with van der Waals surface area (Å²) in [6.07, 6.45) is 6.13. The number of hydrogen-bond donors (Lipinski definition) is 1. The van der Waals surface area contributed by atoms with Gasteiger partial charge in [-0.2, -0.15) is 4.31 Å². The topological polar surface area (TPSA) is 95.1 Å². The van der Waals surface area contributed by atoms with Crippen molar-refractivity contribution in [1.29, 1.82) is 0 Å². The molecule has 0 spiro atoms. The molecule has 1 N–H and O–H groups in total. The van der Waals surface area contributed by atoms with Crippen molar-refractivity contribution in [3.05, 3.63) is 30.6 Å². The van der Waals surface area contributed by atoms with E-state index in [-0.39, 0.29) is 5.03 Å². The van der Waals surface area contributed by atoms with E-state index in [1.165, 1.54) is 12.5 Å². The summed E-state index contributed by atoms with van der Waals surface area (Å²) in [5.74, 6) is 1.63. The molecule has 0 amide bonds. The Morgan fingerprint density at radius 1 is 1.13 bits per heavy atom. The number of hydrogen-bond acceptors (Lipinski definition) is 6. The molecule has 0 aliphatic carbocycles. The number of rotatable bonds is 3. The third-order valence-corrected chi connectivity index (χ3v) is 6.47. The van der Waals surface area contributed by atoms with Gasteiger partial charge in [-0.1, -0.05) is 0 Å². The molecule has 2 aliphatic rings. The molecule has 2 unspecified atom stereocenters. The van der Waals surface area contributed by atoms with Crippen molar-refractivity contribution >= 4 is 15.8 Å². The number of fused-ring (bicyclic) bond motifs is 1. The molecule has 2 aliphatic heterocycles. The first-order valence-electron chi connectivity index (χ1n) is 7.56. The quantitative estimate of drug-likeness (QED) is 0.865. The molecule has 0 radical (unpaired) electrons. The standard InChI is InChI=1S/C14H18N6O2S/c1-10-2-15-9-18-14(10)19-4-11-6-20(7-12(11)5-19)23(21,22)13-3-16-8-17-13/h2-3,8-9,11-12H,4-7H2,1H3,(H,16,17). The fourth-order valence-corrected chi connectivity index (χ4v) is 5.02. The minimum absolute atomic E-state index is 0.168. The number of sulfonamides is 1. The van der Waals surface area contributed by atoms with Crippen LogP contribution in [0.3, 0.4) is 0 Å². The summed E-state index contributed by atoms with van der Waals surface area (Å²) < 4.78 is 26.7. The Morgan fingerprint density at radius 2 is 1.87 bits per heavy atom. The zero-order chi connectivity index (χ0) is 16.0. The Bertz CT molecular complexity index is 792. The lowest BCUT2D eigenvalue weighted by Gasteiger charge is -2.22. The Hall–Kier alpha value is -2.00. The van der Waals surface area contributed by atoms with Crippen molar-refractivity contribution in [1.82, 2.24) is 24.2 Å². The zero-order valence-corrected chi connectivity index (χ0v) is 13.6. The summed E-state index contributed by atoms with van der Waals surface area (Å²) in [4.78, 5) is 17.1. The second-order valence-electron chi connectivity index (χ2n) is 6.19. The Labute approximate surface area is 134 Å². The van der Waals surface area contributed by atoms with Crippen LogP contribution in [-0.4, -0.2) is 58.8 Å². The van der Waals surface area contributed by atoms with E-state index < -0.39 is 10.0 Å². The van der Waals surface area contributed by atoms with Gasteiger partial charge in [0, 0.05) is 37.9 Å². The van der Waals surface area contributed by atoms with Gasteiger partial charge in [-0.3, -0.25) is 0 Å². The predicted octanol–water partition coefficient (Wildman–Crippen LogP) is 0.265. The van der Waals surface area contributed by atoms with Gasteiger partial charge in [0.25, 0.3) is 10.0 Å². The summed E-state index contributed by atoms with van der Waals surface area (Å²) in [5, 5.41) is 0.168. The first kappa shape index (κ1) is 14.6. The third kappa shape index (κ3) is 2.40. The van der Waals surface area contributed by atoms with E-state index in [9.17, 15) is 8.42 Å². The number of nitrogens with one attached hydrogen (secondary N) is 1. The van der Waals surface area contributed by atoms with Crippen LogP contribution in [0.5, 0.6) is 0 Å². The zero-order valence-electron chi connectivity index (χ0n) is 12.8. The molecule has 2 aromatic rings. The molecule has 8 nitrogen and oxygen atoms in total. The van der Waals surface area contributed by atoms with Gasteiger partial charge in [0.15, 0.2) is 5.03 Å². The van der Waals surface area contributed by atoms with Crippen LogP contribution in [0.2, 0.25) is 0 Å². The monoisotopic (exact) mass is 334 g/mol. The van der Waals surface area contributed by atoms with Crippen molar-refractivity contribution in [3.8, 4) is 0 Å². The average Bonchev–Trinajstić information content (AvgIpc) is 3.23. The summed E-state index contributed by atoms with van der Waals surface area (Å²) in [5.41, 5.74) is 1.05. The van der Waals surface area contributed by atoms with E-state index in [2.05, 4.69) is 24.8 Å². The van der Waals surface area contributed by atoms with E-state index in [0.717, 1.165) is 24.5 Å². The van der Waals surface area contributed by atoms with Crippen LogP contribution in [0, 0.1) is 18.8 Å². The second-order valence-corrected chi connectivity index (χ2v) is 8.10. The second kappa shape index (κ2) is 5.27. The van der Waals surface area contributed by atoms with Crippen LogP contribution in [-0.2, 0) is 10.0 Å². The SMILES string of the molecule is Cc1cncnc1N1CC2CN(S(=O)(=O)c3cnc[nH]3)CC2C1. The van der Waals surface area contributed by atoms with Crippen molar-refractivity contribution in [2.45, 2.75) is 11.9 Å². The normalized spacial score (nSPS) is 25.0. The molecule has 0 saturated carbocycles. The van der Waals surface area contributed by atoms with Crippen molar-refractivity contribution < 1.29 is 8.42 Å². The van der Waals surface area contributed by atoms with Gasteiger partial charge in [-0.25, -0.2) is 23.4 Å². The highest BCUT2D eigenvalue weighted by Gasteiger charge is 2.45. The van der Waals surface area contributed by atoms with Crippen molar-refractivity contribution in [2.75, 3.05) is 31.1 Å². The predicted molar refractivity (Wildman–Crippen MR) is 83.3 cm³/mol. The molecule has 0 bridgehead atoms. The van der Waals surface area contributed by atoms with Gasteiger partial charge >= 0.3 is 0 Å². The number of imidazole rings is 1. The minimum Gasteiger partial charge on any atom is -0.356 e. The molecule has 4 heterocycles. The summed E-state index contributed by atoms with van der Waals surface area (Å²) in [6, 6.07) is 0. The van der Waals surface area contributed by atoms with Gasteiger partial charge < -0.3 is 9.88 Å². The van der Waals surface area contributed by atoms with E-state index in [4.69, 9.17) is 0 Å². The molecule has 23 heavy (non-hydrogen) atoms. The van der Waals surface area contributed by atoms with Crippen molar-refractivity contribution in [2.24, 2.45) is 11.8 Å². The summed E-state index contributed by atoms with van der Waals surface area (Å²) in [7, 11) is -3.46. The average molecular weight is 334 g/mol. The molecule has 4 rings (SSSR count). The number of anilines is 1. The van der Waals surface area contributed by atoms with E-state index >= 15 is 0 Å². The van der Waals surface area contributed by atoms with E-state index in [1.54, 1.807) is 10.6 Å². The van der Waals surface area contributed by atoms with E-state index in [1.807, 2.05) is 13.1 Å². The minimum atomic E-state index is -3.46. The number of aromatic nitrogens is 4. The van der Waals surface area contributed by atoms with Gasteiger partial charge in [0.05, 0.1) is 12.5 Å². The maximum absolute atomic E-state index is 12.6. The molecule has 2 aromatic heterocycles. The molecule has 2 saturated heterocycles. The first-order chi connectivity index (χ1) is 11.1. The van der Waals surface area contributed by atoms with E-state index in [0.29, 0.717) is 24.9 Å². The van der Waals surface area contributed by atoms with Crippen LogP contribution >= 0.6 is 0 Å². The molecule has 122 valence electrons. The molecule has 2 fully saturated rings. The lowest BCUT2D eigenvalue weighted by molar-refractivity contribution is 0.451. The fourth-order valence-electron chi connectivity index (χ4n) is 3.57. The fraction of sp³-hybridized carbons (Fsp3) is 0.500. The number of nitrogens with zero attached hydrogens (tertiary/aromatic N) is 5.